The van der Waals surface area contributed by atoms with Gasteiger partial charge in [-0.3, -0.25) is 4.79 Å². The molecule has 4 nitrogen and oxygen atoms in total. The Morgan fingerprint density at radius 1 is 1.28 bits per heavy atom. The van der Waals surface area contributed by atoms with Gasteiger partial charge in [-0.15, -0.1) is 0 Å². The van der Waals surface area contributed by atoms with Crippen LogP contribution in [0.15, 0.2) is 18.2 Å². The summed E-state index contributed by atoms with van der Waals surface area (Å²) in [4.78, 5) is 12.9. The topological polar surface area (TPSA) is 44.4 Å². The zero-order chi connectivity index (χ0) is 13.7. The van der Waals surface area contributed by atoms with Gasteiger partial charge in [-0.25, -0.2) is 0 Å². The molecule has 0 spiro atoms. The molecule has 0 saturated carbocycles. The molecule has 0 fully saturated rings. The summed E-state index contributed by atoms with van der Waals surface area (Å²) in [5.41, 5.74) is 3.36. The maximum atomic E-state index is 11.4. The fraction of sp³-hybridized carbons (Fsp3) is 0.385. The number of nitrogens with zero attached hydrogens (tertiary/aromatic N) is 1. The van der Waals surface area contributed by atoms with Crippen LogP contribution in [0.5, 0.6) is 0 Å². The molecule has 0 heterocycles. The number of benzene rings is 1. The zero-order valence-corrected chi connectivity index (χ0v) is 12.0. The fourth-order valence-electron chi connectivity index (χ4n) is 1.31. The normalized spacial score (nSPS) is 9.78. The van der Waals surface area contributed by atoms with E-state index in [1.54, 1.807) is 14.1 Å². The Balaban J connectivity index is 2.49. The summed E-state index contributed by atoms with van der Waals surface area (Å²) in [5.74, 6) is -0.0146. The van der Waals surface area contributed by atoms with Crippen LogP contribution in [0.3, 0.4) is 0 Å². The number of hydrogen-bond donors (Lipinski definition) is 2. The molecule has 0 unspecified atom stereocenters. The molecule has 0 aromatic heterocycles. The number of anilines is 1. The third-order valence-electron chi connectivity index (χ3n) is 2.66. The van der Waals surface area contributed by atoms with Crippen LogP contribution in [0.2, 0.25) is 0 Å². The van der Waals surface area contributed by atoms with Gasteiger partial charge >= 0.3 is 0 Å². The minimum atomic E-state index is -0.0146. The molecule has 98 valence electrons. The number of thiocarbonyl (C=S) groups is 1. The number of amides is 1. The van der Waals surface area contributed by atoms with Gasteiger partial charge in [0.2, 0.25) is 5.91 Å². The van der Waals surface area contributed by atoms with Crippen molar-refractivity contribution in [3.05, 3.63) is 29.3 Å². The second-order valence-corrected chi connectivity index (χ2v) is 4.80. The molecule has 2 N–H and O–H groups in total. The lowest BCUT2D eigenvalue weighted by Crippen LogP contribution is -2.38. The summed E-state index contributed by atoms with van der Waals surface area (Å²) in [6.45, 7) is 4.31. The Morgan fingerprint density at radius 3 is 2.50 bits per heavy atom. The van der Waals surface area contributed by atoms with Crippen LogP contribution in [0, 0.1) is 13.8 Å². The minimum absolute atomic E-state index is 0.0146. The summed E-state index contributed by atoms with van der Waals surface area (Å²) in [5, 5.41) is 6.38. The Hall–Kier alpha value is -1.62. The maximum Gasteiger partial charge on any atom is 0.241 e. The summed E-state index contributed by atoms with van der Waals surface area (Å²) >= 11 is 5.12. The maximum absolute atomic E-state index is 11.4. The third kappa shape index (κ3) is 4.33. The van der Waals surface area contributed by atoms with Crippen molar-refractivity contribution < 1.29 is 4.79 Å². The second-order valence-electron chi connectivity index (χ2n) is 4.39. The van der Waals surface area contributed by atoms with Crippen molar-refractivity contribution in [2.45, 2.75) is 13.8 Å². The number of carbonyl (C=O) groups is 1. The van der Waals surface area contributed by atoms with E-state index in [1.807, 2.05) is 25.1 Å². The molecule has 5 heteroatoms. The lowest BCUT2D eigenvalue weighted by atomic mass is 10.1. The van der Waals surface area contributed by atoms with Gasteiger partial charge in [0, 0.05) is 19.8 Å². The SMILES string of the molecule is Cc1ccc(NC(=S)NCC(=O)N(C)C)cc1C. The van der Waals surface area contributed by atoms with E-state index in [1.165, 1.54) is 16.0 Å². The van der Waals surface area contributed by atoms with E-state index in [9.17, 15) is 4.79 Å². The first-order valence-electron chi connectivity index (χ1n) is 5.72. The van der Waals surface area contributed by atoms with Gasteiger partial charge in [0.15, 0.2) is 5.11 Å². The van der Waals surface area contributed by atoms with E-state index in [0.29, 0.717) is 5.11 Å². The number of carbonyl (C=O) groups excluding carboxylic acids is 1. The number of likely N-dealkylation sites (N-methyl/N-ethyl adjacent to an activating group) is 1. The molecule has 0 bridgehead atoms. The standard InChI is InChI=1S/C13H19N3OS/c1-9-5-6-11(7-10(9)2)15-13(18)14-8-12(17)16(3)4/h5-7H,8H2,1-4H3,(H2,14,15,18). The lowest BCUT2D eigenvalue weighted by Gasteiger charge is -2.14. The fourth-order valence-corrected chi connectivity index (χ4v) is 1.50. The molecule has 0 aliphatic carbocycles. The van der Waals surface area contributed by atoms with Crippen LogP contribution in [-0.2, 0) is 4.79 Å². The van der Waals surface area contributed by atoms with E-state index < -0.39 is 0 Å². The summed E-state index contributed by atoms with van der Waals surface area (Å²) in [7, 11) is 3.42. The molecular weight excluding hydrogens is 246 g/mol. The van der Waals surface area contributed by atoms with Gasteiger partial charge in [-0.1, -0.05) is 6.07 Å². The molecule has 1 amide bonds. The number of nitrogens with one attached hydrogen (secondary N) is 2. The van der Waals surface area contributed by atoms with E-state index in [4.69, 9.17) is 12.2 Å². The molecule has 0 radical (unpaired) electrons. The molecule has 0 atom stereocenters. The van der Waals surface area contributed by atoms with E-state index in [-0.39, 0.29) is 12.5 Å². The van der Waals surface area contributed by atoms with Crippen molar-refractivity contribution in [1.82, 2.24) is 10.2 Å². The Labute approximate surface area is 113 Å². The third-order valence-corrected chi connectivity index (χ3v) is 2.91. The Bertz CT molecular complexity index is 458. The molecule has 0 saturated heterocycles. The average Bonchev–Trinajstić information content (AvgIpc) is 2.30. The van der Waals surface area contributed by atoms with Gasteiger partial charge in [0.1, 0.15) is 0 Å². The van der Waals surface area contributed by atoms with Gasteiger partial charge in [0.25, 0.3) is 0 Å². The number of hydrogen-bond acceptors (Lipinski definition) is 2. The smallest absolute Gasteiger partial charge is 0.241 e. The Morgan fingerprint density at radius 2 is 1.94 bits per heavy atom. The van der Waals surface area contributed by atoms with Gasteiger partial charge < -0.3 is 15.5 Å². The van der Waals surface area contributed by atoms with Gasteiger partial charge in [-0.05, 0) is 49.3 Å². The van der Waals surface area contributed by atoms with Crippen molar-refractivity contribution in [2.24, 2.45) is 0 Å². The zero-order valence-electron chi connectivity index (χ0n) is 11.2. The molecular formula is C13H19N3OS. The van der Waals surface area contributed by atoms with Crippen LogP contribution in [0.4, 0.5) is 5.69 Å². The van der Waals surface area contributed by atoms with Crippen LogP contribution >= 0.6 is 12.2 Å². The van der Waals surface area contributed by atoms with Crippen molar-refractivity contribution in [3.63, 3.8) is 0 Å². The predicted octanol–water partition coefficient (Wildman–Crippen LogP) is 1.68. The van der Waals surface area contributed by atoms with Gasteiger partial charge in [0.05, 0.1) is 6.54 Å². The van der Waals surface area contributed by atoms with Crippen molar-refractivity contribution in [1.29, 1.82) is 0 Å². The molecule has 1 rings (SSSR count). The minimum Gasteiger partial charge on any atom is -0.353 e. The van der Waals surface area contributed by atoms with Gasteiger partial charge in [-0.2, -0.15) is 0 Å². The van der Waals surface area contributed by atoms with E-state index in [0.717, 1.165) is 5.69 Å². The predicted molar refractivity (Wildman–Crippen MR) is 78.8 cm³/mol. The van der Waals surface area contributed by atoms with Crippen molar-refractivity contribution >= 4 is 28.9 Å². The lowest BCUT2D eigenvalue weighted by molar-refractivity contribution is -0.127. The molecule has 1 aromatic rings. The highest BCUT2D eigenvalue weighted by Gasteiger charge is 2.05. The molecule has 0 aliphatic rings. The highest BCUT2D eigenvalue weighted by atomic mass is 32.1. The van der Waals surface area contributed by atoms with Crippen LogP contribution in [0.25, 0.3) is 0 Å². The second kappa shape index (κ2) is 6.35. The monoisotopic (exact) mass is 265 g/mol. The van der Waals surface area contributed by atoms with Crippen molar-refractivity contribution in [3.8, 4) is 0 Å². The molecule has 18 heavy (non-hydrogen) atoms. The van der Waals surface area contributed by atoms with Crippen LogP contribution in [-0.4, -0.2) is 36.6 Å². The first kappa shape index (κ1) is 14.4. The summed E-state index contributed by atoms with van der Waals surface area (Å²) in [6, 6.07) is 6.02. The molecule has 1 aromatic carbocycles. The van der Waals surface area contributed by atoms with Crippen molar-refractivity contribution in [2.75, 3.05) is 26.0 Å². The summed E-state index contributed by atoms with van der Waals surface area (Å²) < 4.78 is 0. The van der Waals surface area contributed by atoms with Crippen LogP contribution in [0.1, 0.15) is 11.1 Å². The Kier molecular flexibility index (Phi) is 5.09. The quantitative estimate of drug-likeness (QED) is 0.816. The number of aryl methyl sites for hydroxylation is 2. The first-order chi connectivity index (χ1) is 8.40. The van der Waals surface area contributed by atoms with E-state index >= 15 is 0 Å². The first-order valence-corrected chi connectivity index (χ1v) is 6.13. The average molecular weight is 265 g/mol. The van der Waals surface area contributed by atoms with Crippen LogP contribution < -0.4 is 10.6 Å². The summed E-state index contributed by atoms with van der Waals surface area (Å²) in [6.07, 6.45) is 0. The number of rotatable bonds is 3. The van der Waals surface area contributed by atoms with E-state index in [2.05, 4.69) is 17.6 Å². The largest absolute Gasteiger partial charge is 0.353 e. The highest BCUT2D eigenvalue weighted by molar-refractivity contribution is 7.80. The molecule has 0 aliphatic heterocycles. The highest BCUT2D eigenvalue weighted by Crippen LogP contribution is 2.13.